The van der Waals surface area contributed by atoms with Crippen molar-refractivity contribution < 1.29 is 4.79 Å². The Labute approximate surface area is 165 Å². The summed E-state index contributed by atoms with van der Waals surface area (Å²) in [6, 6.07) is 18.0. The fourth-order valence-corrected chi connectivity index (χ4v) is 3.03. The van der Waals surface area contributed by atoms with E-state index >= 15 is 0 Å². The minimum atomic E-state index is -0.340. The first kappa shape index (κ1) is 17.5. The number of hydrogen-bond acceptors (Lipinski definition) is 3. The van der Waals surface area contributed by atoms with Gasteiger partial charge in [-0.05, 0) is 55.5 Å². The first-order chi connectivity index (χ1) is 13.0. The quantitative estimate of drug-likeness (QED) is 0.511. The van der Waals surface area contributed by atoms with Crippen molar-refractivity contribution in [3.8, 4) is 5.69 Å². The number of amides is 1. The zero-order valence-electron chi connectivity index (χ0n) is 14.3. The third-order valence-corrected chi connectivity index (χ3v) is 4.64. The van der Waals surface area contributed by atoms with Crippen molar-refractivity contribution in [2.45, 2.75) is 6.92 Å². The number of nitrogens with one attached hydrogen (secondary N) is 1. The van der Waals surface area contributed by atoms with Crippen LogP contribution in [0.25, 0.3) is 16.7 Å². The normalized spacial score (nSPS) is 10.9. The van der Waals surface area contributed by atoms with E-state index in [9.17, 15) is 4.79 Å². The SMILES string of the molecule is Cc1ccc(-n2nc3ccc(NC(=O)c4cc(Cl)ccc4Cl)cc3n2)cc1. The number of rotatable bonds is 3. The van der Waals surface area contributed by atoms with Crippen molar-refractivity contribution in [1.29, 1.82) is 0 Å². The summed E-state index contributed by atoms with van der Waals surface area (Å²) >= 11 is 12.0. The number of aromatic nitrogens is 3. The minimum Gasteiger partial charge on any atom is -0.322 e. The van der Waals surface area contributed by atoms with Crippen molar-refractivity contribution in [2.75, 3.05) is 5.32 Å². The second kappa shape index (κ2) is 7.02. The Kier molecular flexibility index (Phi) is 4.56. The molecule has 5 nitrogen and oxygen atoms in total. The molecule has 1 aromatic heterocycles. The van der Waals surface area contributed by atoms with Gasteiger partial charge in [0.25, 0.3) is 5.91 Å². The van der Waals surface area contributed by atoms with E-state index in [1.165, 1.54) is 11.6 Å². The summed E-state index contributed by atoms with van der Waals surface area (Å²) in [4.78, 5) is 14.1. The molecule has 0 bridgehead atoms. The van der Waals surface area contributed by atoms with Gasteiger partial charge in [-0.2, -0.15) is 4.80 Å². The molecule has 0 saturated carbocycles. The molecule has 0 fully saturated rings. The van der Waals surface area contributed by atoms with Crippen molar-refractivity contribution in [3.05, 3.63) is 81.8 Å². The zero-order chi connectivity index (χ0) is 19.0. The van der Waals surface area contributed by atoms with E-state index in [2.05, 4.69) is 15.5 Å². The van der Waals surface area contributed by atoms with Crippen LogP contribution in [0.1, 0.15) is 15.9 Å². The molecule has 0 aliphatic carbocycles. The van der Waals surface area contributed by atoms with E-state index in [0.717, 1.165) is 11.2 Å². The van der Waals surface area contributed by atoms with Crippen LogP contribution in [0.4, 0.5) is 5.69 Å². The monoisotopic (exact) mass is 396 g/mol. The molecular weight excluding hydrogens is 383 g/mol. The van der Waals surface area contributed by atoms with Gasteiger partial charge in [-0.1, -0.05) is 40.9 Å². The summed E-state index contributed by atoms with van der Waals surface area (Å²) in [5, 5.41) is 12.6. The van der Waals surface area contributed by atoms with Crippen LogP contribution in [0.15, 0.2) is 60.7 Å². The average molecular weight is 397 g/mol. The van der Waals surface area contributed by atoms with Gasteiger partial charge in [-0.25, -0.2) is 0 Å². The number of anilines is 1. The average Bonchev–Trinajstić information content (AvgIpc) is 3.07. The lowest BCUT2D eigenvalue weighted by molar-refractivity contribution is 0.102. The van der Waals surface area contributed by atoms with Crippen LogP contribution in [0.3, 0.4) is 0 Å². The highest BCUT2D eigenvalue weighted by molar-refractivity contribution is 6.36. The third kappa shape index (κ3) is 3.65. The molecule has 0 radical (unpaired) electrons. The molecule has 0 atom stereocenters. The van der Waals surface area contributed by atoms with Gasteiger partial charge in [0.2, 0.25) is 0 Å². The summed E-state index contributed by atoms with van der Waals surface area (Å²) in [5.41, 5.74) is 4.35. The van der Waals surface area contributed by atoms with Crippen LogP contribution >= 0.6 is 23.2 Å². The lowest BCUT2D eigenvalue weighted by atomic mass is 10.2. The number of aryl methyl sites for hydroxylation is 1. The van der Waals surface area contributed by atoms with Crippen molar-refractivity contribution >= 4 is 45.8 Å². The molecule has 27 heavy (non-hydrogen) atoms. The molecule has 0 saturated heterocycles. The minimum absolute atomic E-state index is 0.313. The van der Waals surface area contributed by atoms with E-state index in [1.54, 1.807) is 29.1 Å². The molecule has 0 spiro atoms. The predicted molar refractivity (Wildman–Crippen MR) is 108 cm³/mol. The van der Waals surface area contributed by atoms with Crippen LogP contribution < -0.4 is 5.32 Å². The fraction of sp³-hybridized carbons (Fsp3) is 0.0500. The van der Waals surface area contributed by atoms with Gasteiger partial charge in [-0.15, -0.1) is 10.2 Å². The maximum atomic E-state index is 12.5. The Morgan fingerprint density at radius 2 is 1.67 bits per heavy atom. The van der Waals surface area contributed by atoms with Crippen molar-refractivity contribution in [2.24, 2.45) is 0 Å². The lowest BCUT2D eigenvalue weighted by Gasteiger charge is -2.07. The molecule has 0 unspecified atom stereocenters. The first-order valence-corrected chi connectivity index (χ1v) is 8.96. The molecule has 1 heterocycles. The number of carbonyl (C=O) groups excluding carboxylic acids is 1. The summed E-state index contributed by atoms with van der Waals surface area (Å²) in [5.74, 6) is -0.340. The number of carbonyl (C=O) groups is 1. The second-order valence-corrected chi connectivity index (χ2v) is 6.95. The summed E-state index contributed by atoms with van der Waals surface area (Å²) in [7, 11) is 0. The number of nitrogens with zero attached hydrogens (tertiary/aromatic N) is 3. The Morgan fingerprint density at radius 1 is 0.926 bits per heavy atom. The topological polar surface area (TPSA) is 59.8 Å². The molecule has 1 amide bonds. The Morgan fingerprint density at radius 3 is 2.44 bits per heavy atom. The maximum Gasteiger partial charge on any atom is 0.257 e. The highest BCUT2D eigenvalue weighted by Crippen LogP contribution is 2.23. The van der Waals surface area contributed by atoms with Crippen LogP contribution in [-0.2, 0) is 0 Å². The van der Waals surface area contributed by atoms with Gasteiger partial charge in [0.1, 0.15) is 11.0 Å². The van der Waals surface area contributed by atoms with Crippen molar-refractivity contribution in [1.82, 2.24) is 15.0 Å². The molecule has 0 aliphatic rings. The Hall–Kier alpha value is -2.89. The molecular formula is C20H14Cl2N4O. The van der Waals surface area contributed by atoms with Crippen LogP contribution in [-0.4, -0.2) is 20.9 Å². The van der Waals surface area contributed by atoms with Gasteiger partial charge >= 0.3 is 0 Å². The number of hydrogen-bond donors (Lipinski definition) is 1. The second-order valence-electron chi connectivity index (χ2n) is 6.11. The van der Waals surface area contributed by atoms with E-state index < -0.39 is 0 Å². The van der Waals surface area contributed by atoms with Gasteiger partial charge < -0.3 is 5.32 Å². The Bertz CT molecular complexity index is 1150. The lowest BCUT2D eigenvalue weighted by Crippen LogP contribution is -2.12. The maximum absolute atomic E-state index is 12.5. The molecule has 4 rings (SSSR count). The first-order valence-electron chi connectivity index (χ1n) is 8.20. The smallest absolute Gasteiger partial charge is 0.257 e. The van der Waals surface area contributed by atoms with Gasteiger partial charge in [0.05, 0.1) is 16.3 Å². The van der Waals surface area contributed by atoms with E-state index in [-0.39, 0.29) is 5.91 Å². The fourth-order valence-electron chi connectivity index (χ4n) is 2.66. The van der Waals surface area contributed by atoms with E-state index in [1.807, 2.05) is 37.3 Å². The summed E-state index contributed by atoms with van der Waals surface area (Å²) in [6.45, 7) is 2.03. The predicted octanol–water partition coefficient (Wildman–Crippen LogP) is 5.29. The van der Waals surface area contributed by atoms with E-state index in [4.69, 9.17) is 23.2 Å². The molecule has 134 valence electrons. The molecule has 0 aliphatic heterocycles. The van der Waals surface area contributed by atoms with Crippen LogP contribution in [0.5, 0.6) is 0 Å². The van der Waals surface area contributed by atoms with Gasteiger partial charge in [-0.3, -0.25) is 4.79 Å². The van der Waals surface area contributed by atoms with Crippen LogP contribution in [0, 0.1) is 6.92 Å². The zero-order valence-corrected chi connectivity index (χ0v) is 15.8. The van der Waals surface area contributed by atoms with E-state index in [0.29, 0.717) is 26.8 Å². The molecule has 4 aromatic rings. The highest BCUT2D eigenvalue weighted by Gasteiger charge is 2.12. The van der Waals surface area contributed by atoms with Gasteiger partial charge in [0, 0.05) is 10.7 Å². The molecule has 7 heteroatoms. The molecule has 1 N–H and O–H groups in total. The number of benzene rings is 3. The van der Waals surface area contributed by atoms with Crippen LogP contribution in [0.2, 0.25) is 10.0 Å². The Balaban J connectivity index is 1.62. The van der Waals surface area contributed by atoms with Crippen molar-refractivity contribution in [3.63, 3.8) is 0 Å². The largest absolute Gasteiger partial charge is 0.322 e. The summed E-state index contributed by atoms with van der Waals surface area (Å²) < 4.78 is 0. The number of fused-ring (bicyclic) bond motifs is 1. The highest BCUT2D eigenvalue weighted by atomic mass is 35.5. The third-order valence-electron chi connectivity index (χ3n) is 4.08. The molecule has 3 aromatic carbocycles. The van der Waals surface area contributed by atoms with Gasteiger partial charge in [0.15, 0.2) is 0 Å². The standard InChI is InChI=1S/C20H14Cl2N4O/c1-12-2-6-15(7-3-12)26-24-18-9-5-14(11-19(18)25-26)23-20(27)16-10-13(21)4-8-17(16)22/h2-11H,1H3,(H,23,27). The summed E-state index contributed by atoms with van der Waals surface area (Å²) in [6.07, 6.45) is 0. The number of halogens is 2.